The highest BCUT2D eigenvalue weighted by molar-refractivity contribution is 5.94. The molecule has 0 unspecified atom stereocenters. The van der Waals surface area contributed by atoms with Gasteiger partial charge in [0.1, 0.15) is 5.82 Å². The predicted octanol–water partition coefficient (Wildman–Crippen LogP) is 2.66. The van der Waals surface area contributed by atoms with Gasteiger partial charge in [0.05, 0.1) is 4.92 Å². The number of carbonyl (C=O) groups is 1. The van der Waals surface area contributed by atoms with E-state index < -0.39 is 16.6 Å². The van der Waals surface area contributed by atoms with Gasteiger partial charge in [-0.05, 0) is 24.3 Å². The molecule has 1 amide bonds. The Morgan fingerprint density at radius 3 is 2.45 bits per heavy atom. The fourth-order valence-corrected chi connectivity index (χ4v) is 1.72. The Morgan fingerprint density at radius 2 is 1.80 bits per heavy atom. The van der Waals surface area contributed by atoms with Crippen LogP contribution in [0.2, 0.25) is 0 Å². The monoisotopic (exact) mass is 274 g/mol. The smallest absolute Gasteiger partial charge is 0.274 e. The largest absolute Gasteiger partial charge is 0.348 e. The summed E-state index contributed by atoms with van der Waals surface area (Å²) >= 11 is 0. The van der Waals surface area contributed by atoms with Gasteiger partial charge < -0.3 is 5.32 Å². The van der Waals surface area contributed by atoms with Crippen molar-refractivity contribution >= 4 is 11.6 Å². The molecule has 2 aromatic rings. The normalized spacial score (nSPS) is 10.1. The van der Waals surface area contributed by atoms with Crippen molar-refractivity contribution < 1.29 is 14.1 Å². The van der Waals surface area contributed by atoms with E-state index in [1.165, 1.54) is 30.3 Å². The zero-order valence-corrected chi connectivity index (χ0v) is 10.4. The van der Waals surface area contributed by atoms with Crippen molar-refractivity contribution in [2.45, 2.75) is 6.54 Å². The van der Waals surface area contributed by atoms with Crippen LogP contribution < -0.4 is 5.32 Å². The third kappa shape index (κ3) is 3.17. The summed E-state index contributed by atoms with van der Waals surface area (Å²) < 4.78 is 12.7. The van der Waals surface area contributed by atoms with E-state index in [4.69, 9.17) is 0 Å². The topological polar surface area (TPSA) is 72.2 Å². The fourth-order valence-electron chi connectivity index (χ4n) is 1.72. The van der Waals surface area contributed by atoms with E-state index in [1.54, 1.807) is 18.2 Å². The summed E-state index contributed by atoms with van der Waals surface area (Å²) in [5.41, 5.74) is 0.657. The van der Waals surface area contributed by atoms with E-state index in [2.05, 4.69) is 5.32 Å². The van der Waals surface area contributed by atoms with Crippen molar-refractivity contribution in [2.75, 3.05) is 0 Å². The Bertz CT molecular complexity index is 641. The molecule has 0 aromatic heterocycles. The minimum Gasteiger partial charge on any atom is -0.348 e. The molecule has 0 saturated heterocycles. The summed E-state index contributed by atoms with van der Waals surface area (Å²) in [6.07, 6.45) is 0. The maximum atomic E-state index is 12.7. The van der Waals surface area contributed by atoms with Gasteiger partial charge in [-0.2, -0.15) is 0 Å². The molecule has 0 spiro atoms. The van der Waals surface area contributed by atoms with Crippen LogP contribution in [0.5, 0.6) is 0 Å². The quantitative estimate of drug-likeness (QED) is 0.688. The van der Waals surface area contributed by atoms with Crippen LogP contribution in [0, 0.1) is 15.9 Å². The second-order valence-electron chi connectivity index (χ2n) is 4.08. The highest BCUT2D eigenvalue weighted by Gasteiger charge is 2.13. The Balaban J connectivity index is 2.07. The van der Waals surface area contributed by atoms with Gasteiger partial charge in [0.15, 0.2) is 0 Å². The summed E-state index contributed by atoms with van der Waals surface area (Å²) in [4.78, 5) is 22.1. The van der Waals surface area contributed by atoms with E-state index in [9.17, 15) is 19.3 Å². The van der Waals surface area contributed by atoms with Crippen molar-refractivity contribution in [3.63, 3.8) is 0 Å². The number of rotatable bonds is 4. The van der Waals surface area contributed by atoms with Crippen LogP contribution in [0.1, 0.15) is 15.9 Å². The van der Waals surface area contributed by atoms with Gasteiger partial charge in [-0.25, -0.2) is 4.39 Å². The Morgan fingerprint density at radius 1 is 1.15 bits per heavy atom. The molecular formula is C14H11FN2O3. The first kappa shape index (κ1) is 13.7. The maximum Gasteiger partial charge on any atom is 0.274 e. The standard InChI is InChI=1S/C14H11FN2O3/c15-12-7-5-10(6-8-12)14(18)16-9-11-3-1-2-4-13(11)17(19)20/h1-8H,9H2,(H,16,18). The van der Waals surface area contributed by atoms with Gasteiger partial charge >= 0.3 is 0 Å². The van der Waals surface area contributed by atoms with Gasteiger partial charge in [0.2, 0.25) is 0 Å². The van der Waals surface area contributed by atoms with Gasteiger partial charge in [0, 0.05) is 23.7 Å². The van der Waals surface area contributed by atoms with Crippen molar-refractivity contribution in [2.24, 2.45) is 0 Å². The summed E-state index contributed by atoms with van der Waals surface area (Å²) in [5.74, 6) is -0.844. The molecule has 0 aliphatic carbocycles. The molecule has 0 aliphatic rings. The highest BCUT2D eigenvalue weighted by Crippen LogP contribution is 2.17. The SMILES string of the molecule is O=C(NCc1ccccc1[N+](=O)[O-])c1ccc(F)cc1. The Labute approximate surface area is 114 Å². The van der Waals surface area contributed by atoms with Crippen molar-refractivity contribution in [3.8, 4) is 0 Å². The number of hydrogen-bond donors (Lipinski definition) is 1. The molecule has 2 rings (SSSR count). The minimum atomic E-state index is -0.501. The average Bonchev–Trinajstić information content (AvgIpc) is 2.45. The van der Waals surface area contributed by atoms with E-state index in [0.717, 1.165) is 0 Å². The molecule has 0 bridgehead atoms. The second-order valence-corrected chi connectivity index (χ2v) is 4.08. The van der Waals surface area contributed by atoms with Crippen LogP contribution in [0.3, 0.4) is 0 Å². The van der Waals surface area contributed by atoms with E-state index >= 15 is 0 Å². The number of nitrogens with zero attached hydrogens (tertiary/aromatic N) is 1. The van der Waals surface area contributed by atoms with Crippen LogP contribution >= 0.6 is 0 Å². The average molecular weight is 274 g/mol. The van der Waals surface area contributed by atoms with Gasteiger partial charge in [0.25, 0.3) is 11.6 Å². The van der Waals surface area contributed by atoms with Gasteiger partial charge in [-0.1, -0.05) is 18.2 Å². The molecule has 5 nitrogen and oxygen atoms in total. The number of amides is 1. The number of para-hydroxylation sites is 1. The second kappa shape index (κ2) is 5.92. The van der Waals surface area contributed by atoms with E-state index in [-0.39, 0.29) is 12.2 Å². The zero-order valence-electron chi connectivity index (χ0n) is 10.4. The minimum absolute atomic E-state index is 0.0351. The summed E-state index contributed by atoms with van der Waals surface area (Å²) in [6.45, 7) is 0.0351. The highest BCUT2D eigenvalue weighted by atomic mass is 19.1. The molecule has 0 aliphatic heterocycles. The fraction of sp³-hybridized carbons (Fsp3) is 0.0714. The third-order valence-electron chi connectivity index (χ3n) is 2.73. The molecule has 0 saturated carbocycles. The Hall–Kier alpha value is -2.76. The molecule has 0 fully saturated rings. The first-order valence-corrected chi connectivity index (χ1v) is 5.84. The molecule has 0 radical (unpaired) electrons. The lowest BCUT2D eigenvalue weighted by molar-refractivity contribution is -0.385. The number of nitro groups is 1. The number of benzene rings is 2. The summed E-state index contributed by atoms with van der Waals surface area (Å²) in [6, 6.07) is 11.2. The zero-order chi connectivity index (χ0) is 14.5. The summed E-state index contributed by atoms with van der Waals surface area (Å²) in [7, 11) is 0. The molecule has 1 N–H and O–H groups in total. The molecule has 20 heavy (non-hydrogen) atoms. The Kier molecular flexibility index (Phi) is 4.05. The third-order valence-corrected chi connectivity index (χ3v) is 2.73. The van der Waals surface area contributed by atoms with Crippen molar-refractivity contribution in [1.82, 2.24) is 5.32 Å². The number of hydrogen-bond acceptors (Lipinski definition) is 3. The number of nitrogens with one attached hydrogen (secondary N) is 1. The van der Waals surface area contributed by atoms with Crippen LogP contribution in [-0.2, 0) is 6.54 Å². The van der Waals surface area contributed by atoms with Crippen LogP contribution in [-0.4, -0.2) is 10.8 Å². The number of halogens is 1. The number of carbonyl (C=O) groups excluding carboxylic acids is 1. The van der Waals surface area contributed by atoms with Crippen molar-refractivity contribution in [3.05, 3.63) is 75.6 Å². The lowest BCUT2D eigenvalue weighted by Crippen LogP contribution is -2.23. The maximum absolute atomic E-state index is 12.7. The van der Waals surface area contributed by atoms with E-state index in [0.29, 0.717) is 11.1 Å². The van der Waals surface area contributed by atoms with Crippen LogP contribution in [0.25, 0.3) is 0 Å². The molecule has 6 heteroatoms. The van der Waals surface area contributed by atoms with Crippen LogP contribution in [0.15, 0.2) is 48.5 Å². The first-order chi connectivity index (χ1) is 9.58. The summed E-state index contributed by atoms with van der Waals surface area (Å²) in [5, 5.41) is 13.4. The van der Waals surface area contributed by atoms with Crippen molar-refractivity contribution in [1.29, 1.82) is 0 Å². The molecule has 0 heterocycles. The molecule has 0 atom stereocenters. The first-order valence-electron chi connectivity index (χ1n) is 5.84. The van der Waals surface area contributed by atoms with Crippen LogP contribution in [0.4, 0.5) is 10.1 Å². The van der Waals surface area contributed by atoms with Gasteiger partial charge in [-0.3, -0.25) is 14.9 Å². The molecule has 102 valence electrons. The molecule has 2 aromatic carbocycles. The number of nitro benzene ring substituents is 1. The lowest BCUT2D eigenvalue weighted by atomic mass is 10.1. The van der Waals surface area contributed by atoms with E-state index in [1.807, 2.05) is 0 Å². The lowest BCUT2D eigenvalue weighted by Gasteiger charge is -2.06. The molecular weight excluding hydrogens is 263 g/mol. The predicted molar refractivity (Wildman–Crippen MR) is 70.7 cm³/mol. The van der Waals surface area contributed by atoms with Gasteiger partial charge in [-0.15, -0.1) is 0 Å².